The van der Waals surface area contributed by atoms with Crippen molar-refractivity contribution < 1.29 is 0 Å². The molecule has 114 valence electrons. The predicted molar refractivity (Wildman–Crippen MR) is 88.8 cm³/mol. The molecule has 1 saturated heterocycles. The summed E-state index contributed by atoms with van der Waals surface area (Å²) in [5.41, 5.74) is 1.20. The number of hydrogen-bond acceptors (Lipinski definition) is 4. The highest BCUT2D eigenvalue weighted by Crippen LogP contribution is 2.37. The second kappa shape index (κ2) is 6.90. The van der Waals surface area contributed by atoms with Crippen LogP contribution < -0.4 is 10.2 Å². The lowest BCUT2D eigenvalue weighted by atomic mass is 10.2. The molecule has 1 aliphatic heterocycles. The first kappa shape index (κ1) is 15.8. The first-order valence-corrected chi connectivity index (χ1v) is 8.89. The number of nitrogens with one attached hydrogen (secondary N) is 1. The van der Waals surface area contributed by atoms with Crippen LogP contribution in [0.5, 0.6) is 0 Å². The highest BCUT2D eigenvalue weighted by Gasteiger charge is 2.32. The van der Waals surface area contributed by atoms with Crippen molar-refractivity contribution in [3.63, 3.8) is 0 Å². The van der Waals surface area contributed by atoms with E-state index >= 15 is 0 Å². The van der Waals surface area contributed by atoms with Crippen LogP contribution in [-0.2, 0) is 0 Å². The third kappa shape index (κ3) is 3.17. The lowest BCUT2D eigenvalue weighted by molar-refractivity contribution is 0.575. The Bertz CT molecular complexity index is 429. The minimum Gasteiger partial charge on any atom is -0.342 e. The van der Waals surface area contributed by atoms with E-state index in [-0.39, 0.29) is 0 Å². The number of hydrogen-bond donors (Lipinski definition) is 1. The predicted octanol–water partition coefficient (Wildman–Crippen LogP) is 4.28. The van der Waals surface area contributed by atoms with E-state index in [1.165, 1.54) is 41.4 Å². The zero-order valence-electron chi connectivity index (χ0n) is 13.6. The van der Waals surface area contributed by atoms with Gasteiger partial charge in [0.25, 0.3) is 0 Å². The van der Waals surface area contributed by atoms with Gasteiger partial charge in [0.15, 0.2) is 5.13 Å². The fraction of sp³-hybridized carbons (Fsp3) is 0.812. The number of rotatable bonds is 6. The van der Waals surface area contributed by atoms with Crippen LogP contribution in [0.2, 0.25) is 0 Å². The normalized spacial score (nSPS) is 24.4. The SMILES string of the molecule is CCCNC(C)c1sc(N2C(C)CCC2CC)nc1C. The molecule has 1 aromatic rings. The van der Waals surface area contributed by atoms with Crippen LogP contribution in [0.3, 0.4) is 0 Å². The van der Waals surface area contributed by atoms with Gasteiger partial charge in [-0.25, -0.2) is 4.98 Å². The van der Waals surface area contributed by atoms with Crippen LogP contribution >= 0.6 is 11.3 Å². The summed E-state index contributed by atoms with van der Waals surface area (Å²) in [6.45, 7) is 12.3. The molecule has 1 aliphatic rings. The standard InChI is InChI=1S/C16H29N3S/c1-6-10-17-12(4)15-13(5)18-16(20-15)19-11(3)8-9-14(19)7-2/h11-12,14,17H,6-10H2,1-5H3. The first-order chi connectivity index (χ1) is 9.58. The molecular weight excluding hydrogens is 266 g/mol. The van der Waals surface area contributed by atoms with Crippen LogP contribution in [-0.4, -0.2) is 23.6 Å². The summed E-state index contributed by atoms with van der Waals surface area (Å²) in [7, 11) is 0. The average Bonchev–Trinajstić information content (AvgIpc) is 2.98. The molecule has 0 spiro atoms. The van der Waals surface area contributed by atoms with Crippen LogP contribution in [0.15, 0.2) is 0 Å². The molecule has 1 aromatic heterocycles. The van der Waals surface area contributed by atoms with Gasteiger partial charge in [0.2, 0.25) is 0 Å². The maximum absolute atomic E-state index is 4.87. The number of aromatic nitrogens is 1. The van der Waals surface area contributed by atoms with E-state index in [1.807, 2.05) is 11.3 Å². The molecule has 2 rings (SSSR count). The average molecular weight is 295 g/mol. The minimum atomic E-state index is 0.416. The Labute approximate surface area is 127 Å². The molecule has 3 nitrogen and oxygen atoms in total. The molecule has 0 amide bonds. The zero-order valence-corrected chi connectivity index (χ0v) is 14.4. The van der Waals surface area contributed by atoms with Crippen molar-refractivity contribution in [1.29, 1.82) is 0 Å². The Kier molecular flexibility index (Phi) is 5.44. The fourth-order valence-electron chi connectivity index (χ4n) is 3.18. The largest absolute Gasteiger partial charge is 0.342 e. The molecule has 2 heterocycles. The van der Waals surface area contributed by atoms with Gasteiger partial charge in [-0.2, -0.15) is 0 Å². The van der Waals surface area contributed by atoms with E-state index in [2.05, 4.69) is 44.8 Å². The van der Waals surface area contributed by atoms with E-state index in [9.17, 15) is 0 Å². The zero-order chi connectivity index (χ0) is 14.7. The summed E-state index contributed by atoms with van der Waals surface area (Å²) in [6.07, 6.45) is 5.02. The maximum Gasteiger partial charge on any atom is 0.186 e. The van der Waals surface area contributed by atoms with Gasteiger partial charge in [0.1, 0.15) is 0 Å². The molecule has 4 heteroatoms. The third-order valence-electron chi connectivity index (χ3n) is 4.39. The van der Waals surface area contributed by atoms with Gasteiger partial charge >= 0.3 is 0 Å². The molecule has 20 heavy (non-hydrogen) atoms. The van der Waals surface area contributed by atoms with Gasteiger partial charge in [-0.15, -0.1) is 0 Å². The molecule has 0 aromatic carbocycles. The first-order valence-electron chi connectivity index (χ1n) is 8.07. The number of thiazole rings is 1. The van der Waals surface area contributed by atoms with E-state index in [0.717, 1.165) is 6.54 Å². The summed E-state index contributed by atoms with van der Waals surface area (Å²) in [5, 5.41) is 4.82. The fourth-order valence-corrected chi connectivity index (χ4v) is 4.44. The van der Waals surface area contributed by atoms with E-state index < -0.39 is 0 Å². The summed E-state index contributed by atoms with van der Waals surface area (Å²) in [5.74, 6) is 0. The van der Waals surface area contributed by atoms with E-state index in [1.54, 1.807) is 0 Å². The minimum absolute atomic E-state index is 0.416. The van der Waals surface area contributed by atoms with Crippen LogP contribution in [0, 0.1) is 6.92 Å². The molecule has 1 N–H and O–H groups in total. The van der Waals surface area contributed by atoms with E-state index in [0.29, 0.717) is 18.1 Å². The Morgan fingerprint density at radius 1 is 1.40 bits per heavy atom. The van der Waals surface area contributed by atoms with Crippen molar-refractivity contribution in [2.75, 3.05) is 11.4 Å². The van der Waals surface area contributed by atoms with E-state index in [4.69, 9.17) is 4.98 Å². The molecule has 0 aliphatic carbocycles. The summed E-state index contributed by atoms with van der Waals surface area (Å²) < 4.78 is 0. The lowest BCUT2D eigenvalue weighted by Crippen LogP contribution is -2.33. The summed E-state index contributed by atoms with van der Waals surface area (Å²) in [6, 6.07) is 1.73. The maximum atomic E-state index is 4.87. The van der Waals surface area contributed by atoms with Crippen molar-refractivity contribution in [2.45, 2.75) is 78.4 Å². The van der Waals surface area contributed by atoms with Crippen LogP contribution in [0.1, 0.15) is 70.0 Å². The number of nitrogens with zero attached hydrogens (tertiary/aromatic N) is 2. The second-order valence-electron chi connectivity index (χ2n) is 6.02. The van der Waals surface area contributed by atoms with Crippen molar-refractivity contribution in [3.8, 4) is 0 Å². The Morgan fingerprint density at radius 3 is 2.80 bits per heavy atom. The van der Waals surface area contributed by atoms with Crippen LogP contribution in [0.25, 0.3) is 0 Å². The topological polar surface area (TPSA) is 28.2 Å². The second-order valence-corrected chi connectivity index (χ2v) is 7.03. The van der Waals surface area contributed by atoms with Gasteiger partial charge in [0.05, 0.1) is 5.69 Å². The van der Waals surface area contributed by atoms with Crippen LogP contribution in [0.4, 0.5) is 5.13 Å². The summed E-state index contributed by atoms with van der Waals surface area (Å²) >= 11 is 1.89. The molecule has 3 unspecified atom stereocenters. The van der Waals surface area contributed by atoms with Gasteiger partial charge in [-0.1, -0.05) is 25.2 Å². The van der Waals surface area contributed by atoms with Gasteiger partial charge in [0, 0.05) is 23.0 Å². The lowest BCUT2D eigenvalue weighted by Gasteiger charge is -2.27. The number of aryl methyl sites for hydroxylation is 1. The molecular formula is C16H29N3S. The van der Waals surface area contributed by atoms with Gasteiger partial charge < -0.3 is 10.2 Å². The highest BCUT2D eigenvalue weighted by atomic mass is 32.1. The molecule has 0 bridgehead atoms. The molecule has 0 saturated carbocycles. The van der Waals surface area contributed by atoms with Gasteiger partial charge in [-0.05, 0) is 53.0 Å². The monoisotopic (exact) mass is 295 g/mol. The highest BCUT2D eigenvalue weighted by molar-refractivity contribution is 7.15. The van der Waals surface area contributed by atoms with Crippen molar-refractivity contribution in [2.24, 2.45) is 0 Å². The smallest absolute Gasteiger partial charge is 0.186 e. The summed E-state index contributed by atoms with van der Waals surface area (Å²) in [4.78, 5) is 8.84. The quantitative estimate of drug-likeness (QED) is 0.849. The third-order valence-corrected chi connectivity index (χ3v) is 5.75. The van der Waals surface area contributed by atoms with Crippen molar-refractivity contribution in [1.82, 2.24) is 10.3 Å². The Morgan fingerprint density at radius 2 is 2.15 bits per heavy atom. The number of anilines is 1. The molecule has 0 radical (unpaired) electrons. The van der Waals surface area contributed by atoms with Crippen molar-refractivity contribution >= 4 is 16.5 Å². The van der Waals surface area contributed by atoms with Gasteiger partial charge in [-0.3, -0.25) is 0 Å². The van der Waals surface area contributed by atoms with Crippen molar-refractivity contribution in [3.05, 3.63) is 10.6 Å². The Balaban J connectivity index is 2.17. The molecule has 1 fully saturated rings. The Hall–Kier alpha value is -0.610. The molecule has 3 atom stereocenters.